The largest absolute Gasteiger partial charge is 0.484 e. The van der Waals surface area contributed by atoms with E-state index in [1.54, 1.807) is 6.21 Å². The van der Waals surface area contributed by atoms with E-state index in [1.165, 1.54) is 24.3 Å². The second-order valence-corrected chi connectivity index (χ2v) is 5.10. The van der Waals surface area contributed by atoms with Crippen LogP contribution in [-0.2, 0) is 4.79 Å². The number of carbonyl (C=O) groups excluding carboxylic acids is 1. The van der Waals surface area contributed by atoms with E-state index in [4.69, 9.17) is 4.74 Å². The Labute approximate surface area is 138 Å². The molecule has 1 amide bonds. The van der Waals surface area contributed by atoms with Gasteiger partial charge in [0.25, 0.3) is 5.91 Å². The zero-order chi connectivity index (χ0) is 16.8. The van der Waals surface area contributed by atoms with Gasteiger partial charge >= 0.3 is 0 Å². The molecule has 0 aromatic heterocycles. The molecule has 0 unspecified atom stereocenters. The van der Waals surface area contributed by atoms with Crippen molar-refractivity contribution >= 4 is 22.9 Å². The van der Waals surface area contributed by atoms with Gasteiger partial charge in [0.1, 0.15) is 11.6 Å². The third-order valence-electron chi connectivity index (χ3n) is 3.40. The molecule has 3 rings (SSSR count). The number of amides is 1. The fraction of sp³-hybridized carbons (Fsp3) is 0.0526. The van der Waals surface area contributed by atoms with Crippen molar-refractivity contribution in [1.82, 2.24) is 5.43 Å². The summed E-state index contributed by atoms with van der Waals surface area (Å²) in [7, 11) is 0. The molecule has 0 aliphatic rings. The number of hydrazone groups is 1. The zero-order valence-corrected chi connectivity index (χ0v) is 12.8. The predicted octanol–water partition coefficient (Wildman–Crippen LogP) is 3.51. The topological polar surface area (TPSA) is 50.7 Å². The highest BCUT2D eigenvalue weighted by Crippen LogP contribution is 2.16. The third-order valence-corrected chi connectivity index (χ3v) is 3.40. The summed E-state index contributed by atoms with van der Waals surface area (Å²) in [5.74, 6) is -0.327. The van der Waals surface area contributed by atoms with Crippen LogP contribution in [0.5, 0.6) is 5.75 Å². The molecule has 3 aromatic carbocycles. The lowest BCUT2D eigenvalue weighted by molar-refractivity contribution is -0.123. The van der Waals surface area contributed by atoms with E-state index >= 15 is 0 Å². The third kappa shape index (κ3) is 3.95. The summed E-state index contributed by atoms with van der Waals surface area (Å²) in [5.41, 5.74) is 3.32. The Kier molecular flexibility index (Phi) is 4.81. The van der Waals surface area contributed by atoms with Crippen LogP contribution >= 0.6 is 0 Å². The van der Waals surface area contributed by atoms with E-state index < -0.39 is 5.91 Å². The molecule has 24 heavy (non-hydrogen) atoms. The Hall–Kier alpha value is -3.21. The molecule has 4 nitrogen and oxygen atoms in total. The van der Waals surface area contributed by atoms with Crippen LogP contribution in [-0.4, -0.2) is 18.7 Å². The number of halogens is 1. The fourth-order valence-electron chi connectivity index (χ4n) is 2.25. The van der Waals surface area contributed by atoms with Gasteiger partial charge in [-0.1, -0.05) is 42.5 Å². The molecule has 0 aliphatic heterocycles. The first-order valence-electron chi connectivity index (χ1n) is 7.40. The molecule has 0 radical (unpaired) electrons. The van der Waals surface area contributed by atoms with Gasteiger partial charge < -0.3 is 4.74 Å². The van der Waals surface area contributed by atoms with E-state index in [2.05, 4.69) is 10.5 Å². The molecule has 120 valence electrons. The Morgan fingerprint density at radius 2 is 1.79 bits per heavy atom. The Morgan fingerprint density at radius 1 is 1.04 bits per heavy atom. The second-order valence-electron chi connectivity index (χ2n) is 5.10. The van der Waals surface area contributed by atoms with E-state index in [-0.39, 0.29) is 12.4 Å². The van der Waals surface area contributed by atoms with Crippen molar-refractivity contribution in [3.8, 4) is 5.75 Å². The van der Waals surface area contributed by atoms with Gasteiger partial charge in [-0.25, -0.2) is 9.82 Å². The number of carbonyl (C=O) groups is 1. The van der Waals surface area contributed by atoms with E-state index in [1.807, 2.05) is 42.5 Å². The minimum atomic E-state index is -0.393. The monoisotopic (exact) mass is 322 g/mol. The lowest BCUT2D eigenvalue weighted by Crippen LogP contribution is -2.24. The van der Waals surface area contributed by atoms with Crippen molar-refractivity contribution in [2.75, 3.05) is 6.61 Å². The van der Waals surface area contributed by atoms with Gasteiger partial charge in [0, 0.05) is 5.56 Å². The summed E-state index contributed by atoms with van der Waals surface area (Å²) in [4.78, 5) is 11.7. The van der Waals surface area contributed by atoms with Crippen molar-refractivity contribution in [1.29, 1.82) is 0 Å². The molecule has 0 atom stereocenters. The average Bonchev–Trinajstić information content (AvgIpc) is 2.61. The van der Waals surface area contributed by atoms with Gasteiger partial charge in [-0.15, -0.1) is 0 Å². The number of hydrogen-bond donors (Lipinski definition) is 1. The summed E-state index contributed by atoms with van der Waals surface area (Å²) in [6.07, 6.45) is 1.60. The molecular weight excluding hydrogens is 307 g/mol. The maximum Gasteiger partial charge on any atom is 0.277 e. The van der Waals surface area contributed by atoms with Crippen LogP contribution in [0, 0.1) is 5.82 Å². The number of hydrogen-bond acceptors (Lipinski definition) is 3. The first-order chi connectivity index (χ1) is 11.7. The Balaban J connectivity index is 1.57. The standard InChI is InChI=1S/C19H15FN2O2/c20-16-8-10-17(11-9-16)24-13-19(23)22-21-12-15-6-3-5-14-4-1-2-7-18(14)15/h1-12H,13H2,(H,22,23). The number of fused-ring (bicyclic) bond motifs is 1. The number of rotatable bonds is 5. The van der Waals surface area contributed by atoms with Crippen LogP contribution in [0.15, 0.2) is 71.8 Å². The molecular formula is C19H15FN2O2. The first-order valence-corrected chi connectivity index (χ1v) is 7.40. The molecule has 0 spiro atoms. The predicted molar refractivity (Wildman–Crippen MR) is 91.6 cm³/mol. The number of benzene rings is 3. The van der Waals surface area contributed by atoms with Gasteiger partial charge in [0.2, 0.25) is 0 Å². The second kappa shape index (κ2) is 7.37. The van der Waals surface area contributed by atoms with E-state index in [0.717, 1.165) is 16.3 Å². The van der Waals surface area contributed by atoms with Gasteiger partial charge in [-0.3, -0.25) is 4.79 Å². The van der Waals surface area contributed by atoms with Gasteiger partial charge in [0.15, 0.2) is 6.61 Å². The highest BCUT2D eigenvalue weighted by Gasteiger charge is 2.02. The molecule has 0 fully saturated rings. The van der Waals surface area contributed by atoms with Crippen molar-refractivity contribution < 1.29 is 13.9 Å². The molecule has 0 aliphatic carbocycles. The van der Waals surface area contributed by atoms with Gasteiger partial charge in [-0.2, -0.15) is 5.10 Å². The van der Waals surface area contributed by atoms with Crippen LogP contribution in [0.4, 0.5) is 4.39 Å². The Bertz CT molecular complexity index is 871. The van der Waals surface area contributed by atoms with Gasteiger partial charge in [0.05, 0.1) is 6.21 Å². The fourth-order valence-corrected chi connectivity index (χ4v) is 2.25. The highest BCUT2D eigenvalue weighted by atomic mass is 19.1. The zero-order valence-electron chi connectivity index (χ0n) is 12.8. The normalized spacial score (nSPS) is 10.9. The minimum Gasteiger partial charge on any atom is -0.484 e. The van der Waals surface area contributed by atoms with Crippen molar-refractivity contribution in [2.45, 2.75) is 0 Å². The summed E-state index contributed by atoms with van der Waals surface area (Å²) < 4.78 is 18.0. The molecule has 3 aromatic rings. The molecule has 0 heterocycles. The Morgan fingerprint density at radius 3 is 2.62 bits per heavy atom. The average molecular weight is 322 g/mol. The summed E-state index contributed by atoms with van der Waals surface area (Å²) in [6.45, 7) is -0.196. The highest BCUT2D eigenvalue weighted by molar-refractivity contribution is 5.99. The summed E-state index contributed by atoms with van der Waals surface area (Å²) in [6, 6.07) is 19.3. The number of ether oxygens (including phenoxy) is 1. The van der Waals surface area contributed by atoms with Crippen molar-refractivity contribution in [3.63, 3.8) is 0 Å². The molecule has 1 N–H and O–H groups in total. The SMILES string of the molecule is O=C(COc1ccc(F)cc1)NN=Cc1cccc2ccccc12. The van der Waals surface area contributed by atoms with Crippen LogP contribution in [0.1, 0.15) is 5.56 Å². The maximum absolute atomic E-state index is 12.8. The quantitative estimate of drug-likeness (QED) is 0.577. The maximum atomic E-state index is 12.8. The molecule has 0 bridgehead atoms. The number of nitrogens with zero attached hydrogens (tertiary/aromatic N) is 1. The van der Waals surface area contributed by atoms with E-state index in [0.29, 0.717) is 5.75 Å². The smallest absolute Gasteiger partial charge is 0.277 e. The van der Waals surface area contributed by atoms with Crippen LogP contribution in [0.3, 0.4) is 0 Å². The minimum absolute atomic E-state index is 0.196. The summed E-state index contributed by atoms with van der Waals surface area (Å²) >= 11 is 0. The van der Waals surface area contributed by atoms with Crippen LogP contribution < -0.4 is 10.2 Å². The van der Waals surface area contributed by atoms with Gasteiger partial charge in [-0.05, 0) is 35.0 Å². The molecule has 5 heteroatoms. The van der Waals surface area contributed by atoms with E-state index in [9.17, 15) is 9.18 Å². The first kappa shape index (κ1) is 15.7. The number of nitrogens with one attached hydrogen (secondary N) is 1. The summed E-state index contributed by atoms with van der Waals surface area (Å²) in [5, 5.41) is 6.11. The van der Waals surface area contributed by atoms with Crippen LogP contribution in [0.25, 0.3) is 10.8 Å². The van der Waals surface area contributed by atoms with Crippen LogP contribution in [0.2, 0.25) is 0 Å². The molecule has 0 saturated carbocycles. The lowest BCUT2D eigenvalue weighted by Gasteiger charge is -2.05. The van der Waals surface area contributed by atoms with Crippen molar-refractivity contribution in [3.05, 3.63) is 78.1 Å². The lowest BCUT2D eigenvalue weighted by atomic mass is 10.1. The van der Waals surface area contributed by atoms with Crippen molar-refractivity contribution in [2.24, 2.45) is 5.10 Å². The molecule has 0 saturated heterocycles.